The Labute approximate surface area is 153 Å². The van der Waals surface area contributed by atoms with Gasteiger partial charge in [-0.25, -0.2) is 17.8 Å². The predicted octanol–water partition coefficient (Wildman–Crippen LogP) is 1.55. The van der Waals surface area contributed by atoms with Gasteiger partial charge in [-0.15, -0.1) is 0 Å². The molecule has 0 bridgehead atoms. The van der Waals surface area contributed by atoms with Crippen molar-refractivity contribution < 1.29 is 17.6 Å². The van der Waals surface area contributed by atoms with E-state index in [-0.39, 0.29) is 23.5 Å². The monoisotopic (exact) mass is 390 g/mol. The molecule has 0 saturated carbocycles. The number of fused-ring (bicyclic) bond motifs is 1. The van der Waals surface area contributed by atoms with Crippen LogP contribution in [0, 0.1) is 5.82 Å². The molecule has 3 aromatic rings. The number of halogens is 1. The van der Waals surface area contributed by atoms with E-state index in [1.807, 2.05) is 4.72 Å². The fourth-order valence-electron chi connectivity index (χ4n) is 2.45. The maximum Gasteiger partial charge on any atom is 0.261 e. The number of nitrogens with one attached hydrogen (secondary N) is 2. The molecule has 0 aliphatic carbocycles. The van der Waals surface area contributed by atoms with Crippen molar-refractivity contribution in [3.05, 3.63) is 65.0 Å². The molecule has 0 fully saturated rings. The average molecular weight is 390 g/mol. The second-order valence-electron chi connectivity index (χ2n) is 5.81. The molecule has 0 radical (unpaired) electrons. The van der Waals surface area contributed by atoms with E-state index in [9.17, 15) is 22.4 Å². The molecular formula is C17H15FN4O4S. The summed E-state index contributed by atoms with van der Waals surface area (Å²) in [6, 6.07) is 10.2. The first-order chi connectivity index (χ1) is 12.7. The molecule has 140 valence electrons. The first-order valence-corrected chi connectivity index (χ1v) is 9.63. The predicted molar refractivity (Wildman–Crippen MR) is 99.5 cm³/mol. The van der Waals surface area contributed by atoms with Gasteiger partial charge in [0.1, 0.15) is 12.4 Å². The van der Waals surface area contributed by atoms with Gasteiger partial charge in [0.25, 0.3) is 5.56 Å². The van der Waals surface area contributed by atoms with Crippen molar-refractivity contribution >= 4 is 38.2 Å². The van der Waals surface area contributed by atoms with Crippen LogP contribution in [0.4, 0.5) is 15.8 Å². The van der Waals surface area contributed by atoms with E-state index in [1.165, 1.54) is 12.4 Å². The standard InChI is InChI=1S/C17H15FN4O4S/c1-27(25,26)21-15-8-11(6-7-13(15)18)20-16(23)9-22-10-19-14-5-3-2-4-12(14)17(22)24/h2-8,10,21H,9H2,1H3,(H,20,23). The van der Waals surface area contributed by atoms with Crippen LogP contribution < -0.4 is 15.6 Å². The summed E-state index contributed by atoms with van der Waals surface area (Å²) in [7, 11) is -3.68. The molecule has 8 nitrogen and oxygen atoms in total. The van der Waals surface area contributed by atoms with Gasteiger partial charge in [-0.3, -0.25) is 18.9 Å². The van der Waals surface area contributed by atoms with Gasteiger partial charge in [0.15, 0.2) is 0 Å². The van der Waals surface area contributed by atoms with E-state index < -0.39 is 21.7 Å². The summed E-state index contributed by atoms with van der Waals surface area (Å²) in [5.41, 5.74) is 0.0395. The normalized spacial score (nSPS) is 11.3. The van der Waals surface area contributed by atoms with Crippen molar-refractivity contribution in [1.29, 1.82) is 0 Å². The Hall–Kier alpha value is -3.27. The van der Waals surface area contributed by atoms with Gasteiger partial charge in [0, 0.05) is 5.69 Å². The minimum absolute atomic E-state index is 0.175. The van der Waals surface area contributed by atoms with Crippen molar-refractivity contribution in [2.75, 3.05) is 16.3 Å². The molecule has 0 atom stereocenters. The Morgan fingerprint density at radius 1 is 1.22 bits per heavy atom. The van der Waals surface area contributed by atoms with Crippen molar-refractivity contribution in [2.24, 2.45) is 0 Å². The van der Waals surface area contributed by atoms with Gasteiger partial charge < -0.3 is 5.32 Å². The second-order valence-corrected chi connectivity index (χ2v) is 7.56. The highest BCUT2D eigenvalue weighted by molar-refractivity contribution is 7.92. The third-order valence-corrected chi connectivity index (χ3v) is 4.18. The Morgan fingerprint density at radius 2 is 1.96 bits per heavy atom. The van der Waals surface area contributed by atoms with Crippen LogP contribution in [0.2, 0.25) is 0 Å². The van der Waals surface area contributed by atoms with E-state index in [1.54, 1.807) is 24.3 Å². The summed E-state index contributed by atoms with van der Waals surface area (Å²) >= 11 is 0. The Bertz CT molecular complexity index is 1190. The van der Waals surface area contributed by atoms with Gasteiger partial charge in [0.05, 0.1) is 29.2 Å². The number of rotatable bonds is 5. The first-order valence-electron chi connectivity index (χ1n) is 7.74. The van der Waals surface area contributed by atoms with E-state index in [0.717, 1.165) is 23.0 Å². The smallest absolute Gasteiger partial charge is 0.261 e. The summed E-state index contributed by atoms with van der Waals surface area (Å²) in [6.07, 6.45) is 2.16. The van der Waals surface area contributed by atoms with E-state index >= 15 is 0 Å². The number of aromatic nitrogens is 2. The zero-order chi connectivity index (χ0) is 19.6. The number of para-hydroxylation sites is 1. The van der Waals surface area contributed by atoms with Gasteiger partial charge in [-0.1, -0.05) is 12.1 Å². The van der Waals surface area contributed by atoms with Gasteiger partial charge in [0.2, 0.25) is 15.9 Å². The maximum atomic E-state index is 13.7. The molecule has 0 unspecified atom stereocenters. The van der Waals surface area contributed by atoms with E-state index in [2.05, 4.69) is 10.3 Å². The molecule has 0 aliphatic rings. The maximum absolute atomic E-state index is 13.7. The van der Waals surface area contributed by atoms with Gasteiger partial charge in [-0.05, 0) is 30.3 Å². The molecule has 0 aliphatic heterocycles. The lowest BCUT2D eigenvalue weighted by atomic mass is 10.2. The zero-order valence-corrected chi connectivity index (χ0v) is 15.0. The topological polar surface area (TPSA) is 110 Å². The lowest BCUT2D eigenvalue weighted by molar-refractivity contribution is -0.116. The third-order valence-electron chi connectivity index (χ3n) is 3.59. The second kappa shape index (κ2) is 7.16. The minimum atomic E-state index is -3.68. The first kappa shape index (κ1) is 18.5. The Kier molecular flexibility index (Phi) is 4.91. The minimum Gasteiger partial charge on any atom is -0.324 e. The van der Waals surface area contributed by atoms with Crippen LogP contribution in [-0.4, -0.2) is 30.1 Å². The van der Waals surface area contributed by atoms with Crippen LogP contribution in [0.1, 0.15) is 0 Å². The van der Waals surface area contributed by atoms with Gasteiger partial charge in [-0.2, -0.15) is 0 Å². The largest absolute Gasteiger partial charge is 0.324 e. The quantitative estimate of drug-likeness (QED) is 0.687. The van der Waals surface area contributed by atoms with Crippen LogP contribution in [0.3, 0.4) is 0 Å². The molecule has 3 rings (SSSR count). The van der Waals surface area contributed by atoms with E-state index in [0.29, 0.717) is 10.9 Å². The zero-order valence-electron chi connectivity index (χ0n) is 14.1. The van der Waals surface area contributed by atoms with Gasteiger partial charge >= 0.3 is 0 Å². The number of amides is 1. The molecule has 1 heterocycles. The van der Waals surface area contributed by atoms with Crippen LogP contribution in [0.25, 0.3) is 10.9 Å². The number of carbonyl (C=O) groups excluding carboxylic acids is 1. The lowest BCUT2D eigenvalue weighted by Crippen LogP contribution is -2.28. The van der Waals surface area contributed by atoms with Crippen molar-refractivity contribution in [3.8, 4) is 0 Å². The number of nitrogens with zero attached hydrogens (tertiary/aromatic N) is 2. The highest BCUT2D eigenvalue weighted by Gasteiger charge is 2.12. The van der Waals surface area contributed by atoms with Crippen LogP contribution in [0.5, 0.6) is 0 Å². The van der Waals surface area contributed by atoms with Crippen LogP contribution >= 0.6 is 0 Å². The summed E-state index contributed by atoms with van der Waals surface area (Å²) < 4.78 is 39.4. The molecular weight excluding hydrogens is 375 g/mol. The lowest BCUT2D eigenvalue weighted by Gasteiger charge is -2.10. The van der Waals surface area contributed by atoms with Crippen molar-refractivity contribution in [1.82, 2.24) is 9.55 Å². The molecule has 1 amide bonds. The molecule has 27 heavy (non-hydrogen) atoms. The number of sulfonamides is 1. The summed E-state index contributed by atoms with van der Waals surface area (Å²) in [5.74, 6) is -1.33. The average Bonchev–Trinajstić information content (AvgIpc) is 2.59. The summed E-state index contributed by atoms with van der Waals surface area (Å²) in [4.78, 5) is 28.7. The van der Waals surface area contributed by atoms with Crippen LogP contribution in [0.15, 0.2) is 53.6 Å². The molecule has 2 aromatic carbocycles. The highest BCUT2D eigenvalue weighted by Crippen LogP contribution is 2.20. The van der Waals surface area contributed by atoms with E-state index in [4.69, 9.17) is 0 Å². The van der Waals surface area contributed by atoms with Crippen molar-refractivity contribution in [2.45, 2.75) is 6.54 Å². The molecule has 10 heteroatoms. The number of hydrogen-bond donors (Lipinski definition) is 2. The number of benzene rings is 2. The molecule has 0 spiro atoms. The van der Waals surface area contributed by atoms with Crippen molar-refractivity contribution in [3.63, 3.8) is 0 Å². The molecule has 1 aromatic heterocycles. The third kappa shape index (κ3) is 4.47. The summed E-state index contributed by atoms with van der Waals surface area (Å²) in [5, 5.41) is 2.87. The van der Waals surface area contributed by atoms with Crippen LogP contribution in [-0.2, 0) is 21.4 Å². The SMILES string of the molecule is CS(=O)(=O)Nc1cc(NC(=O)Cn2cnc3ccccc3c2=O)ccc1F. The molecule has 0 saturated heterocycles. The highest BCUT2D eigenvalue weighted by atomic mass is 32.2. The fraction of sp³-hybridized carbons (Fsp3) is 0.118. The number of anilines is 2. The fourth-order valence-corrected chi connectivity index (χ4v) is 3.01. The Morgan fingerprint density at radius 3 is 2.70 bits per heavy atom. The summed E-state index contributed by atoms with van der Waals surface area (Å²) in [6.45, 7) is -0.303. The number of hydrogen-bond acceptors (Lipinski definition) is 5. The Balaban J connectivity index is 1.79. The molecule has 2 N–H and O–H groups in total. The number of carbonyl (C=O) groups is 1.